The summed E-state index contributed by atoms with van der Waals surface area (Å²) in [6.45, 7) is 4.00. The van der Waals surface area contributed by atoms with Gasteiger partial charge in [-0.3, -0.25) is 4.79 Å². The van der Waals surface area contributed by atoms with Gasteiger partial charge < -0.3 is 5.11 Å². The van der Waals surface area contributed by atoms with Crippen LogP contribution in [-0.4, -0.2) is 15.9 Å². The molecule has 4 heteroatoms. The van der Waals surface area contributed by atoms with Crippen molar-refractivity contribution in [1.82, 2.24) is 4.98 Å². The third-order valence-corrected chi connectivity index (χ3v) is 6.03. The molecule has 3 nitrogen and oxygen atoms in total. The molecule has 1 aromatic carbocycles. The zero-order valence-corrected chi connectivity index (χ0v) is 15.8. The summed E-state index contributed by atoms with van der Waals surface area (Å²) in [6, 6.07) is 9.88. The molecule has 2 aliphatic carbocycles. The monoisotopic (exact) mass is 367 g/mol. The van der Waals surface area contributed by atoms with E-state index >= 15 is 0 Å². The summed E-state index contributed by atoms with van der Waals surface area (Å²) in [5.41, 5.74) is 5.33. The molecule has 2 atom stereocenters. The number of nitrogens with zero attached hydrogens (tertiary/aromatic N) is 1. The number of aromatic nitrogens is 1. The average molecular weight is 368 g/mol. The second-order valence-electron chi connectivity index (χ2n) is 7.32. The highest BCUT2D eigenvalue weighted by Crippen LogP contribution is 2.46. The lowest BCUT2D eigenvalue weighted by Gasteiger charge is -2.23. The van der Waals surface area contributed by atoms with Crippen molar-refractivity contribution in [3.63, 3.8) is 0 Å². The molecule has 1 saturated carbocycles. The normalized spacial score (nSPS) is 22.2. The molecule has 0 amide bonds. The quantitative estimate of drug-likeness (QED) is 0.724. The summed E-state index contributed by atoms with van der Waals surface area (Å²) in [7, 11) is 0. The van der Waals surface area contributed by atoms with Crippen molar-refractivity contribution in [2.24, 2.45) is 11.8 Å². The average Bonchev–Trinajstić information content (AvgIpc) is 3.07. The molecule has 2 aliphatic rings. The number of aliphatic hydroxyl groups is 1. The van der Waals surface area contributed by atoms with Crippen LogP contribution in [0.15, 0.2) is 36.1 Å². The summed E-state index contributed by atoms with van der Waals surface area (Å²) in [6.07, 6.45) is 3.41. The molecule has 4 rings (SSSR count). The Labute approximate surface area is 158 Å². The first-order chi connectivity index (χ1) is 12.5. The van der Waals surface area contributed by atoms with Gasteiger partial charge in [0, 0.05) is 23.1 Å². The second kappa shape index (κ2) is 6.55. The fourth-order valence-electron chi connectivity index (χ4n) is 4.39. The first kappa shape index (κ1) is 17.3. The van der Waals surface area contributed by atoms with Gasteiger partial charge in [-0.1, -0.05) is 30.7 Å². The van der Waals surface area contributed by atoms with Crippen molar-refractivity contribution < 1.29 is 9.90 Å². The molecule has 1 fully saturated rings. The van der Waals surface area contributed by atoms with Crippen LogP contribution >= 0.6 is 11.6 Å². The number of carbonyl (C=O) groups excluding carboxylic acids is 1. The number of allylic oxidation sites excluding steroid dienone is 2. The van der Waals surface area contributed by atoms with E-state index in [1.54, 1.807) is 6.07 Å². The fourth-order valence-corrected chi connectivity index (χ4v) is 4.58. The van der Waals surface area contributed by atoms with E-state index in [0.29, 0.717) is 16.5 Å². The van der Waals surface area contributed by atoms with Crippen LogP contribution in [-0.2, 0) is 11.2 Å². The molecule has 0 aliphatic heterocycles. The lowest BCUT2D eigenvalue weighted by atomic mass is 9.81. The molecule has 1 N–H and O–H groups in total. The highest BCUT2D eigenvalue weighted by atomic mass is 35.5. The summed E-state index contributed by atoms with van der Waals surface area (Å²) in [4.78, 5) is 17.3. The molecule has 2 aromatic rings. The van der Waals surface area contributed by atoms with E-state index in [4.69, 9.17) is 11.6 Å². The van der Waals surface area contributed by atoms with E-state index in [2.05, 4.69) is 24.0 Å². The molecule has 2 bridgehead atoms. The molecular formula is C22H22ClNO2. The minimum Gasteiger partial charge on any atom is -0.511 e. The molecule has 0 radical (unpaired) electrons. The van der Waals surface area contributed by atoms with Crippen molar-refractivity contribution in [1.29, 1.82) is 0 Å². The van der Waals surface area contributed by atoms with Crippen LogP contribution in [0.3, 0.4) is 0 Å². The van der Waals surface area contributed by atoms with E-state index in [9.17, 15) is 9.90 Å². The van der Waals surface area contributed by atoms with Gasteiger partial charge >= 0.3 is 0 Å². The number of pyridine rings is 1. The molecule has 1 heterocycles. The smallest absolute Gasteiger partial charge is 0.169 e. The van der Waals surface area contributed by atoms with Crippen LogP contribution in [0.2, 0.25) is 5.15 Å². The van der Waals surface area contributed by atoms with Crippen molar-refractivity contribution in [3.05, 3.63) is 58.1 Å². The van der Waals surface area contributed by atoms with Gasteiger partial charge in [0.25, 0.3) is 0 Å². The Morgan fingerprint density at radius 3 is 2.65 bits per heavy atom. The molecular weight excluding hydrogens is 346 g/mol. The first-order valence-corrected chi connectivity index (χ1v) is 9.61. The summed E-state index contributed by atoms with van der Waals surface area (Å²) < 4.78 is 0. The SMILES string of the molecule is CCc1ccc(-c2ccc(Cl)nc2C)cc1C1=C(O)C2CCC(C2)C1=O. The first-order valence-electron chi connectivity index (χ1n) is 9.23. The maximum atomic E-state index is 13.0. The largest absolute Gasteiger partial charge is 0.511 e. The van der Waals surface area contributed by atoms with Crippen molar-refractivity contribution in [2.75, 3.05) is 0 Å². The van der Waals surface area contributed by atoms with Gasteiger partial charge in [-0.15, -0.1) is 0 Å². The third-order valence-electron chi connectivity index (χ3n) is 5.82. The summed E-state index contributed by atoms with van der Waals surface area (Å²) in [5, 5.41) is 11.2. The Morgan fingerprint density at radius 1 is 1.15 bits per heavy atom. The Bertz CT molecular complexity index is 932. The zero-order valence-electron chi connectivity index (χ0n) is 15.1. The lowest BCUT2D eigenvalue weighted by Crippen LogP contribution is -2.22. The summed E-state index contributed by atoms with van der Waals surface area (Å²) in [5.74, 6) is 0.605. The van der Waals surface area contributed by atoms with E-state index in [1.165, 1.54) is 0 Å². The van der Waals surface area contributed by atoms with Gasteiger partial charge in [0.15, 0.2) is 5.78 Å². The van der Waals surface area contributed by atoms with Crippen LogP contribution in [0, 0.1) is 18.8 Å². The predicted octanol–water partition coefficient (Wildman–Crippen LogP) is 5.54. The number of Topliss-reactive ketones (excluding diaryl/α,β-unsaturated/α-hetero) is 1. The van der Waals surface area contributed by atoms with Crippen LogP contribution in [0.5, 0.6) is 0 Å². The maximum Gasteiger partial charge on any atom is 0.169 e. The van der Waals surface area contributed by atoms with Crippen LogP contribution in [0.25, 0.3) is 16.7 Å². The number of rotatable bonds is 3. The number of hydrogen-bond acceptors (Lipinski definition) is 3. The summed E-state index contributed by atoms with van der Waals surface area (Å²) >= 11 is 5.99. The number of benzene rings is 1. The predicted molar refractivity (Wildman–Crippen MR) is 104 cm³/mol. The molecule has 0 saturated heterocycles. The maximum absolute atomic E-state index is 13.0. The second-order valence-corrected chi connectivity index (χ2v) is 7.71. The Hall–Kier alpha value is -2.13. The van der Waals surface area contributed by atoms with E-state index in [-0.39, 0.29) is 17.6 Å². The standard InChI is InChI=1S/C22H22ClNO2/c1-3-13-4-5-14(17-8-9-19(23)24-12(17)2)11-18(13)20-21(25)15-6-7-16(10-15)22(20)26/h4-5,8-9,11,15-16,25H,3,6-7,10H2,1-2H3. The zero-order chi connectivity index (χ0) is 18.4. The minimum atomic E-state index is 0.0678. The van der Waals surface area contributed by atoms with E-state index in [0.717, 1.165) is 53.6 Å². The number of carbonyl (C=O) groups is 1. The third kappa shape index (κ3) is 2.75. The number of aryl methyl sites for hydroxylation is 2. The molecule has 1 aromatic heterocycles. The van der Waals surface area contributed by atoms with Gasteiger partial charge in [-0.25, -0.2) is 4.98 Å². The van der Waals surface area contributed by atoms with Gasteiger partial charge in [0.05, 0.1) is 5.57 Å². The Balaban J connectivity index is 1.88. The van der Waals surface area contributed by atoms with Crippen LogP contribution < -0.4 is 0 Å². The number of ketones is 1. The Morgan fingerprint density at radius 2 is 1.92 bits per heavy atom. The highest BCUT2D eigenvalue weighted by Gasteiger charge is 2.41. The molecule has 134 valence electrons. The van der Waals surface area contributed by atoms with Crippen LogP contribution in [0.4, 0.5) is 0 Å². The number of hydrogen-bond donors (Lipinski definition) is 1. The van der Waals surface area contributed by atoms with Gasteiger partial charge in [0.2, 0.25) is 0 Å². The fraction of sp³-hybridized carbons (Fsp3) is 0.364. The number of aliphatic hydroxyl groups excluding tert-OH is 1. The van der Waals surface area contributed by atoms with E-state index in [1.807, 2.05) is 19.1 Å². The lowest BCUT2D eigenvalue weighted by molar-refractivity contribution is -0.117. The van der Waals surface area contributed by atoms with Crippen molar-refractivity contribution >= 4 is 23.0 Å². The highest BCUT2D eigenvalue weighted by molar-refractivity contribution is 6.29. The topological polar surface area (TPSA) is 50.2 Å². The van der Waals surface area contributed by atoms with Gasteiger partial charge in [-0.2, -0.15) is 0 Å². The van der Waals surface area contributed by atoms with Crippen molar-refractivity contribution in [3.8, 4) is 11.1 Å². The Kier molecular flexibility index (Phi) is 4.36. The number of fused-ring (bicyclic) bond motifs is 2. The van der Waals surface area contributed by atoms with Crippen molar-refractivity contribution in [2.45, 2.75) is 39.5 Å². The molecule has 0 spiro atoms. The number of halogens is 1. The van der Waals surface area contributed by atoms with Gasteiger partial charge in [-0.05, 0) is 67.5 Å². The molecule has 26 heavy (non-hydrogen) atoms. The van der Waals surface area contributed by atoms with E-state index < -0.39 is 0 Å². The van der Waals surface area contributed by atoms with Gasteiger partial charge in [0.1, 0.15) is 10.9 Å². The molecule has 2 unspecified atom stereocenters. The van der Waals surface area contributed by atoms with Crippen LogP contribution in [0.1, 0.15) is 43.0 Å². The minimum absolute atomic E-state index is 0.0678.